The molecule has 6 N–H and O–H groups in total. The zero-order valence-electron chi connectivity index (χ0n) is 16.9. The molecule has 1 amide bonds. The van der Waals surface area contributed by atoms with Crippen molar-refractivity contribution in [3.05, 3.63) is 52.1 Å². The van der Waals surface area contributed by atoms with E-state index in [1.807, 2.05) is 0 Å². The lowest BCUT2D eigenvalue weighted by Gasteiger charge is -2.15. The monoisotopic (exact) mass is 456 g/mol. The van der Waals surface area contributed by atoms with Crippen molar-refractivity contribution in [2.24, 2.45) is 0 Å². The van der Waals surface area contributed by atoms with Crippen molar-refractivity contribution >= 4 is 40.6 Å². The summed E-state index contributed by atoms with van der Waals surface area (Å²) >= 11 is 0. The number of aromatic amines is 1. The van der Waals surface area contributed by atoms with Gasteiger partial charge in [0.1, 0.15) is 6.04 Å². The van der Waals surface area contributed by atoms with Gasteiger partial charge in [-0.3, -0.25) is 14.4 Å². The van der Waals surface area contributed by atoms with Gasteiger partial charge in [0.2, 0.25) is 5.95 Å². The van der Waals surface area contributed by atoms with Gasteiger partial charge in [0, 0.05) is 12.0 Å². The number of anilines is 2. The Labute approximate surface area is 184 Å². The van der Waals surface area contributed by atoms with E-state index in [4.69, 9.17) is 15.9 Å². The van der Waals surface area contributed by atoms with E-state index in [1.54, 1.807) is 0 Å². The van der Waals surface area contributed by atoms with Gasteiger partial charge in [-0.2, -0.15) is 4.98 Å². The molecule has 3 aromatic rings. The molecule has 1 aromatic carbocycles. The van der Waals surface area contributed by atoms with Crippen LogP contribution in [0.4, 0.5) is 11.6 Å². The number of aliphatic carboxylic acids is 2. The maximum Gasteiger partial charge on any atom is 0.326 e. The Morgan fingerprint density at radius 2 is 1.85 bits per heavy atom. The molecule has 0 aliphatic carbocycles. The molecule has 171 valence electrons. The smallest absolute Gasteiger partial charge is 0.326 e. The number of carboxylic acids is 2. The number of hydrogen-bond acceptors (Lipinski definition) is 9. The van der Waals surface area contributed by atoms with E-state index in [2.05, 4.69) is 25.3 Å². The number of nitrogens with two attached hydrogens (primary N) is 1. The van der Waals surface area contributed by atoms with Crippen molar-refractivity contribution in [3.8, 4) is 0 Å². The third-order valence-electron chi connectivity index (χ3n) is 4.47. The molecule has 0 saturated heterocycles. The Bertz CT molecular complexity index is 1260. The van der Waals surface area contributed by atoms with E-state index in [9.17, 15) is 24.4 Å². The van der Waals surface area contributed by atoms with Gasteiger partial charge in [-0.05, 0) is 30.7 Å². The summed E-state index contributed by atoms with van der Waals surface area (Å²) in [5.74, 6) is -3.39. The highest BCUT2D eigenvalue weighted by atomic mass is 16.5. The van der Waals surface area contributed by atoms with Gasteiger partial charge in [0.15, 0.2) is 11.2 Å². The first-order valence-electron chi connectivity index (χ1n) is 9.45. The normalized spacial score (nSPS) is 11.7. The Hall–Kier alpha value is -4.59. The number of H-pyrrole nitrogens is 1. The first-order chi connectivity index (χ1) is 15.6. The van der Waals surface area contributed by atoms with Crippen LogP contribution < -0.4 is 21.7 Å². The van der Waals surface area contributed by atoms with Crippen molar-refractivity contribution in [2.75, 3.05) is 10.8 Å². The summed E-state index contributed by atoms with van der Waals surface area (Å²) in [4.78, 5) is 60.2. The number of rotatable bonds is 9. The molecule has 0 aliphatic rings. The molecule has 0 saturated carbocycles. The SMILES string of the molecule is Nc1nc(=O)c2nc(CN([O])c3ccc(C(=O)N[C@@H](CCC(=O)O)C(=O)O)cc3)cnc2[nH]1. The largest absolute Gasteiger partial charge is 0.481 e. The lowest BCUT2D eigenvalue weighted by molar-refractivity contribution is -0.140. The number of amides is 1. The Morgan fingerprint density at radius 1 is 1.15 bits per heavy atom. The Morgan fingerprint density at radius 3 is 2.48 bits per heavy atom. The van der Waals surface area contributed by atoms with Crippen LogP contribution in [-0.2, 0) is 21.3 Å². The molecule has 3 rings (SSSR count). The van der Waals surface area contributed by atoms with Crippen LogP contribution in [0, 0.1) is 0 Å². The van der Waals surface area contributed by atoms with Gasteiger partial charge >= 0.3 is 17.5 Å². The molecule has 1 atom stereocenters. The lowest BCUT2D eigenvalue weighted by Crippen LogP contribution is -2.41. The maximum atomic E-state index is 12.5. The van der Waals surface area contributed by atoms with Crippen LogP contribution >= 0.6 is 0 Å². The predicted octanol–water partition coefficient (Wildman–Crippen LogP) is -0.305. The van der Waals surface area contributed by atoms with Crippen molar-refractivity contribution in [3.63, 3.8) is 0 Å². The third-order valence-corrected chi connectivity index (χ3v) is 4.47. The van der Waals surface area contributed by atoms with E-state index in [0.717, 1.165) is 0 Å². The van der Waals surface area contributed by atoms with Gasteiger partial charge in [0.05, 0.1) is 24.1 Å². The van der Waals surface area contributed by atoms with Crippen molar-refractivity contribution < 1.29 is 29.8 Å². The number of benzene rings is 1. The van der Waals surface area contributed by atoms with Gasteiger partial charge < -0.3 is 26.2 Å². The van der Waals surface area contributed by atoms with Gasteiger partial charge in [-0.1, -0.05) is 5.21 Å². The van der Waals surface area contributed by atoms with E-state index < -0.39 is 35.9 Å². The van der Waals surface area contributed by atoms with Crippen LogP contribution in [0.5, 0.6) is 0 Å². The third kappa shape index (κ3) is 5.76. The highest BCUT2D eigenvalue weighted by Crippen LogP contribution is 2.17. The van der Waals surface area contributed by atoms with E-state index in [-0.39, 0.29) is 47.0 Å². The number of nitrogens with one attached hydrogen (secondary N) is 2. The average Bonchev–Trinajstić information content (AvgIpc) is 2.76. The number of carboxylic acid groups (broad SMARTS) is 2. The van der Waals surface area contributed by atoms with Gasteiger partial charge in [-0.15, -0.1) is 0 Å². The molecule has 33 heavy (non-hydrogen) atoms. The maximum absolute atomic E-state index is 12.5. The van der Waals surface area contributed by atoms with E-state index in [0.29, 0.717) is 5.06 Å². The summed E-state index contributed by atoms with van der Waals surface area (Å²) < 4.78 is 0. The molecule has 2 aromatic heterocycles. The van der Waals surface area contributed by atoms with Gasteiger partial charge in [0.25, 0.3) is 5.91 Å². The highest BCUT2D eigenvalue weighted by Gasteiger charge is 2.22. The molecule has 2 heterocycles. The standard InChI is InChI=1S/C19H18N7O7/c20-19-24-15-14(17(30)25-19)22-10(7-21-15)8-26(33)11-3-1-9(2-4-11)16(29)23-12(18(31)32)5-6-13(27)28/h1-4,7,12H,5-6,8H2,(H,23,29)(H,27,28)(H,31,32)(H3,20,21,24,25,30)/t12-/m0/s1. The summed E-state index contributed by atoms with van der Waals surface area (Å²) in [5, 5.41) is 33.1. The molecular weight excluding hydrogens is 438 g/mol. The number of carbonyl (C=O) groups is 3. The first kappa shape index (κ1) is 23.1. The number of aromatic nitrogens is 4. The number of hydrogen-bond donors (Lipinski definition) is 5. The minimum Gasteiger partial charge on any atom is -0.481 e. The fraction of sp³-hybridized carbons (Fsp3) is 0.211. The fourth-order valence-electron chi connectivity index (χ4n) is 2.84. The van der Waals surface area contributed by atoms with Crippen LogP contribution in [-0.4, -0.2) is 54.0 Å². The minimum atomic E-state index is -1.37. The van der Waals surface area contributed by atoms with E-state index >= 15 is 0 Å². The Kier molecular flexibility index (Phi) is 6.78. The first-order valence-corrected chi connectivity index (χ1v) is 9.45. The summed E-state index contributed by atoms with van der Waals surface area (Å²) in [6.45, 7) is -0.255. The number of fused-ring (bicyclic) bond motifs is 1. The highest BCUT2D eigenvalue weighted by molar-refractivity contribution is 5.96. The van der Waals surface area contributed by atoms with Crippen LogP contribution in [0.3, 0.4) is 0 Å². The predicted molar refractivity (Wildman–Crippen MR) is 111 cm³/mol. The second-order valence-electron chi connectivity index (χ2n) is 6.87. The zero-order chi connectivity index (χ0) is 24.1. The van der Waals surface area contributed by atoms with Crippen LogP contribution in [0.2, 0.25) is 0 Å². The second kappa shape index (κ2) is 9.69. The molecule has 0 spiro atoms. The summed E-state index contributed by atoms with van der Waals surface area (Å²) in [7, 11) is 0. The van der Waals surface area contributed by atoms with E-state index in [1.165, 1.54) is 30.5 Å². The van der Waals surface area contributed by atoms with Crippen LogP contribution in [0.1, 0.15) is 28.9 Å². The fourth-order valence-corrected chi connectivity index (χ4v) is 2.84. The van der Waals surface area contributed by atoms with Crippen molar-refractivity contribution in [1.29, 1.82) is 0 Å². The average molecular weight is 456 g/mol. The zero-order valence-corrected chi connectivity index (χ0v) is 16.9. The van der Waals surface area contributed by atoms with Crippen LogP contribution in [0.25, 0.3) is 11.2 Å². The van der Waals surface area contributed by atoms with Crippen molar-refractivity contribution in [2.45, 2.75) is 25.4 Å². The number of nitrogens with zero attached hydrogens (tertiary/aromatic N) is 4. The minimum absolute atomic E-state index is 0.0713. The van der Waals surface area contributed by atoms with Crippen LogP contribution in [0.15, 0.2) is 35.3 Å². The molecular formula is C19H18N7O7. The van der Waals surface area contributed by atoms with Gasteiger partial charge in [-0.25, -0.2) is 19.8 Å². The molecule has 14 nitrogen and oxygen atoms in total. The summed E-state index contributed by atoms with van der Waals surface area (Å²) in [6.07, 6.45) is 0.600. The number of carbonyl (C=O) groups excluding carboxylic acids is 1. The molecule has 0 aliphatic heterocycles. The summed E-state index contributed by atoms with van der Waals surface area (Å²) in [6, 6.07) is 3.95. The molecule has 0 fully saturated rings. The second-order valence-corrected chi connectivity index (χ2v) is 6.87. The molecule has 0 bridgehead atoms. The molecule has 14 heteroatoms. The Balaban J connectivity index is 1.68. The topological polar surface area (TPSA) is 224 Å². The molecule has 0 unspecified atom stereocenters. The van der Waals surface area contributed by atoms with Crippen molar-refractivity contribution in [1.82, 2.24) is 25.3 Å². The lowest BCUT2D eigenvalue weighted by atomic mass is 10.1. The molecule has 1 radical (unpaired) electrons. The number of hydroxylamine groups is 1. The quantitative estimate of drug-likeness (QED) is 0.263. The summed E-state index contributed by atoms with van der Waals surface area (Å²) in [5.41, 5.74) is 5.26. The number of nitrogen functional groups attached to an aromatic ring is 1.